The molecule has 0 aliphatic rings. The van der Waals surface area contributed by atoms with Gasteiger partial charge in [0.1, 0.15) is 0 Å². The second-order valence-electron chi connectivity index (χ2n) is 4.24. The molecule has 1 aromatic heterocycles. The fourth-order valence-corrected chi connectivity index (χ4v) is 3.73. The maximum Gasteiger partial charge on any atom is 0.0423 e. The lowest BCUT2D eigenvalue weighted by Gasteiger charge is -2.17. The first-order chi connectivity index (χ1) is 8.81. The molecule has 0 radical (unpaired) electrons. The Balaban J connectivity index is 2.00. The van der Waals surface area contributed by atoms with E-state index in [1.165, 1.54) is 16.0 Å². The van der Waals surface area contributed by atoms with Crippen LogP contribution < -0.4 is 5.32 Å². The van der Waals surface area contributed by atoms with E-state index in [-0.39, 0.29) is 0 Å². The Labute approximate surface area is 118 Å². The van der Waals surface area contributed by atoms with E-state index in [9.17, 15) is 0 Å². The quantitative estimate of drug-likeness (QED) is 0.780. The topological polar surface area (TPSA) is 12.0 Å². The van der Waals surface area contributed by atoms with Crippen molar-refractivity contribution in [1.82, 2.24) is 5.32 Å². The van der Waals surface area contributed by atoms with Gasteiger partial charge in [-0.1, -0.05) is 25.1 Å². The number of thioether (sulfide) groups is 1. The van der Waals surface area contributed by atoms with Crippen LogP contribution in [0.5, 0.6) is 0 Å². The molecule has 2 aromatic rings. The van der Waals surface area contributed by atoms with Gasteiger partial charge in [0.2, 0.25) is 0 Å². The molecule has 96 valence electrons. The Kier molecular flexibility index (Phi) is 5.29. The number of nitrogens with one attached hydrogen (secondary N) is 1. The summed E-state index contributed by atoms with van der Waals surface area (Å²) in [6, 6.07) is 11.3. The highest BCUT2D eigenvalue weighted by Gasteiger charge is 2.11. The van der Waals surface area contributed by atoms with E-state index >= 15 is 0 Å². The first kappa shape index (κ1) is 13.7. The number of thiophene rings is 1. The van der Waals surface area contributed by atoms with Crippen LogP contribution in [0, 0.1) is 6.92 Å². The van der Waals surface area contributed by atoms with E-state index < -0.39 is 0 Å². The van der Waals surface area contributed by atoms with Crippen LogP contribution in [0.2, 0.25) is 0 Å². The summed E-state index contributed by atoms with van der Waals surface area (Å²) in [6.45, 7) is 5.35. The number of rotatable bonds is 6. The number of hydrogen-bond donors (Lipinski definition) is 1. The van der Waals surface area contributed by atoms with Crippen molar-refractivity contribution in [1.29, 1.82) is 0 Å². The fourth-order valence-electron chi connectivity index (χ4n) is 1.88. The lowest BCUT2D eigenvalue weighted by molar-refractivity contribution is 0.607. The molecule has 0 saturated heterocycles. The molecule has 0 amide bonds. The number of benzene rings is 1. The van der Waals surface area contributed by atoms with Gasteiger partial charge in [-0.3, -0.25) is 0 Å². The zero-order chi connectivity index (χ0) is 12.8. The van der Waals surface area contributed by atoms with Gasteiger partial charge < -0.3 is 5.32 Å². The molecule has 0 aliphatic heterocycles. The molecule has 0 saturated carbocycles. The predicted octanol–water partition coefficient (Wildman–Crippen LogP) is 4.50. The van der Waals surface area contributed by atoms with E-state index in [4.69, 9.17) is 0 Å². The fraction of sp³-hybridized carbons (Fsp3) is 0.333. The zero-order valence-electron chi connectivity index (χ0n) is 10.8. The van der Waals surface area contributed by atoms with Crippen LogP contribution in [0.15, 0.2) is 46.0 Å². The third kappa shape index (κ3) is 3.61. The van der Waals surface area contributed by atoms with E-state index in [0.717, 1.165) is 12.3 Å². The summed E-state index contributed by atoms with van der Waals surface area (Å²) >= 11 is 3.70. The minimum absolute atomic E-state index is 0.450. The number of hydrogen-bond acceptors (Lipinski definition) is 3. The van der Waals surface area contributed by atoms with Crippen LogP contribution in [-0.4, -0.2) is 12.3 Å². The van der Waals surface area contributed by atoms with Gasteiger partial charge in [0, 0.05) is 16.7 Å². The van der Waals surface area contributed by atoms with Crippen molar-refractivity contribution < 1.29 is 0 Å². The first-order valence-corrected chi connectivity index (χ1v) is 8.18. The molecular weight excluding hydrogens is 258 g/mol. The summed E-state index contributed by atoms with van der Waals surface area (Å²) in [4.78, 5) is 1.38. The highest BCUT2D eigenvalue weighted by Crippen LogP contribution is 2.27. The first-order valence-electron chi connectivity index (χ1n) is 6.25. The summed E-state index contributed by atoms with van der Waals surface area (Å²) in [5.41, 5.74) is 2.77. The van der Waals surface area contributed by atoms with Crippen LogP contribution in [0.4, 0.5) is 0 Å². The van der Waals surface area contributed by atoms with Crippen LogP contribution in [0.1, 0.15) is 24.1 Å². The van der Waals surface area contributed by atoms with Crippen molar-refractivity contribution >= 4 is 23.1 Å². The average molecular weight is 277 g/mol. The second kappa shape index (κ2) is 6.98. The third-order valence-electron chi connectivity index (χ3n) is 2.90. The highest BCUT2D eigenvalue weighted by atomic mass is 32.2. The van der Waals surface area contributed by atoms with Gasteiger partial charge in [0.15, 0.2) is 0 Å². The van der Waals surface area contributed by atoms with Gasteiger partial charge in [-0.15, -0.1) is 11.8 Å². The van der Waals surface area contributed by atoms with Crippen molar-refractivity contribution in [2.45, 2.75) is 24.8 Å². The summed E-state index contributed by atoms with van der Waals surface area (Å²) in [5.74, 6) is 1.08. The molecule has 1 heterocycles. The van der Waals surface area contributed by atoms with Crippen LogP contribution in [0.25, 0.3) is 0 Å². The molecular formula is C15H19NS2. The smallest absolute Gasteiger partial charge is 0.0423 e. The molecule has 1 unspecified atom stereocenters. The predicted molar refractivity (Wildman–Crippen MR) is 82.6 cm³/mol. The Morgan fingerprint density at radius 2 is 2.11 bits per heavy atom. The molecule has 18 heavy (non-hydrogen) atoms. The maximum absolute atomic E-state index is 3.56. The maximum atomic E-state index is 3.56. The molecule has 0 spiro atoms. The van der Waals surface area contributed by atoms with Gasteiger partial charge in [-0.25, -0.2) is 0 Å². The normalized spacial score (nSPS) is 12.6. The Morgan fingerprint density at radius 1 is 1.28 bits per heavy atom. The average Bonchev–Trinajstić information content (AvgIpc) is 2.90. The van der Waals surface area contributed by atoms with E-state index in [0.29, 0.717) is 6.04 Å². The van der Waals surface area contributed by atoms with Crippen molar-refractivity contribution in [3.8, 4) is 0 Å². The minimum atomic E-state index is 0.450. The van der Waals surface area contributed by atoms with E-state index in [2.05, 4.69) is 60.3 Å². The minimum Gasteiger partial charge on any atom is -0.309 e. The molecule has 1 atom stereocenters. The standard InChI is InChI=1S/C15H19NS2/c1-3-16-14(13-8-9-17-10-13)11-18-15-7-5-4-6-12(15)2/h4-10,14,16H,3,11H2,1-2H3. The molecule has 1 N–H and O–H groups in total. The molecule has 0 aliphatic carbocycles. The van der Waals surface area contributed by atoms with E-state index in [1.54, 1.807) is 11.3 Å². The molecule has 2 rings (SSSR count). The molecule has 1 aromatic carbocycles. The third-order valence-corrected chi connectivity index (χ3v) is 4.87. The molecule has 3 heteroatoms. The zero-order valence-corrected chi connectivity index (χ0v) is 12.5. The Hall–Kier alpha value is -0.770. The molecule has 0 fully saturated rings. The van der Waals surface area contributed by atoms with Crippen LogP contribution in [-0.2, 0) is 0 Å². The Bertz CT molecular complexity index is 465. The van der Waals surface area contributed by atoms with Gasteiger partial charge in [-0.05, 0) is 47.5 Å². The van der Waals surface area contributed by atoms with Crippen molar-refractivity contribution in [3.63, 3.8) is 0 Å². The lowest BCUT2D eigenvalue weighted by Crippen LogP contribution is -2.22. The molecule has 1 nitrogen and oxygen atoms in total. The summed E-state index contributed by atoms with van der Waals surface area (Å²) in [7, 11) is 0. The van der Waals surface area contributed by atoms with Crippen molar-refractivity contribution in [2.24, 2.45) is 0 Å². The Morgan fingerprint density at radius 3 is 2.78 bits per heavy atom. The molecule has 0 bridgehead atoms. The summed E-state index contributed by atoms with van der Waals surface area (Å²) < 4.78 is 0. The van der Waals surface area contributed by atoms with Gasteiger partial charge >= 0.3 is 0 Å². The summed E-state index contributed by atoms with van der Waals surface area (Å²) in [6.07, 6.45) is 0. The lowest BCUT2D eigenvalue weighted by atomic mass is 10.2. The van der Waals surface area contributed by atoms with E-state index in [1.807, 2.05) is 11.8 Å². The van der Waals surface area contributed by atoms with Gasteiger partial charge in [-0.2, -0.15) is 11.3 Å². The van der Waals surface area contributed by atoms with Crippen LogP contribution in [0.3, 0.4) is 0 Å². The van der Waals surface area contributed by atoms with Gasteiger partial charge in [0.05, 0.1) is 0 Å². The van der Waals surface area contributed by atoms with Gasteiger partial charge in [0.25, 0.3) is 0 Å². The van der Waals surface area contributed by atoms with Crippen LogP contribution >= 0.6 is 23.1 Å². The SMILES string of the molecule is CCNC(CSc1ccccc1C)c1ccsc1. The largest absolute Gasteiger partial charge is 0.309 e. The highest BCUT2D eigenvalue weighted by molar-refractivity contribution is 7.99. The summed E-state index contributed by atoms with van der Waals surface area (Å²) in [5, 5.41) is 7.95. The van der Waals surface area contributed by atoms with Crippen molar-refractivity contribution in [2.75, 3.05) is 12.3 Å². The number of aryl methyl sites for hydroxylation is 1. The monoisotopic (exact) mass is 277 g/mol. The second-order valence-corrected chi connectivity index (χ2v) is 6.09. The van der Waals surface area contributed by atoms with Crippen molar-refractivity contribution in [3.05, 3.63) is 52.2 Å².